The average molecular weight is 397 g/mol. The summed E-state index contributed by atoms with van der Waals surface area (Å²) in [6.45, 7) is 4.66. The molecule has 1 aromatic carbocycles. The molecule has 7 nitrogen and oxygen atoms in total. The molecule has 2 rings (SSSR count). The Bertz CT molecular complexity index is 846. The lowest BCUT2D eigenvalue weighted by atomic mass is 10.2. The molecule has 0 saturated carbocycles. The molecule has 0 radical (unpaired) electrons. The van der Waals surface area contributed by atoms with E-state index >= 15 is 0 Å². The predicted octanol–water partition coefficient (Wildman–Crippen LogP) is 3.96. The van der Waals surface area contributed by atoms with Crippen molar-refractivity contribution in [3.8, 4) is 17.4 Å². The smallest absolute Gasteiger partial charge is 0.347 e. The largest absolute Gasteiger partial charge is 0.463 e. The second-order valence-corrected chi connectivity index (χ2v) is 5.77. The molecule has 27 heavy (non-hydrogen) atoms. The average Bonchev–Trinajstić information content (AvgIpc) is 2.60. The maximum absolute atomic E-state index is 13.9. The van der Waals surface area contributed by atoms with E-state index in [0.717, 1.165) is 6.07 Å². The van der Waals surface area contributed by atoms with E-state index in [1.807, 2.05) is 0 Å². The van der Waals surface area contributed by atoms with Crippen LogP contribution in [0.1, 0.15) is 20.8 Å². The van der Waals surface area contributed by atoms with Gasteiger partial charge in [-0.25, -0.2) is 14.2 Å². The van der Waals surface area contributed by atoms with Crippen LogP contribution in [-0.2, 0) is 14.3 Å². The van der Waals surface area contributed by atoms with Crippen molar-refractivity contribution >= 4 is 29.2 Å². The van der Waals surface area contributed by atoms with E-state index in [-0.39, 0.29) is 34.7 Å². The van der Waals surface area contributed by atoms with Gasteiger partial charge in [0.05, 0.1) is 17.3 Å². The van der Waals surface area contributed by atoms with Crippen LogP contribution in [0.25, 0.3) is 0 Å². The highest BCUT2D eigenvalue weighted by atomic mass is 35.5. The second kappa shape index (κ2) is 9.18. The topological polar surface area (TPSA) is 86.8 Å². The Balaban J connectivity index is 2.28. The van der Waals surface area contributed by atoms with Crippen molar-refractivity contribution in [2.45, 2.75) is 26.9 Å². The molecule has 1 N–H and O–H groups in total. The molecule has 1 heterocycles. The van der Waals surface area contributed by atoms with Gasteiger partial charge in [0, 0.05) is 19.2 Å². The SMILES string of the molecule is CCOC(=O)C(C)Oc1ncccc1Oc1cc(NC(C)=O)c(F)cc1Cl. The monoisotopic (exact) mass is 396 g/mol. The fraction of sp³-hybridized carbons (Fsp3) is 0.278. The first-order valence-corrected chi connectivity index (χ1v) is 8.42. The minimum absolute atomic E-state index is 0.0187. The van der Waals surface area contributed by atoms with Crippen LogP contribution in [0, 0.1) is 5.82 Å². The molecule has 9 heteroatoms. The number of esters is 1. The first-order chi connectivity index (χ1) is 12.8. The highest BCUT2D eigenvalue weighted by molar-refractivity contribution is 6.32. The van der Waals surface area contributed by atoms with Gasteiger partial charge in [0.15, 0.2) is 11.9 Å². The van der Waals surface area contributed by atoms with Gasteiger partial charge in [-0.15, -0.1) is 0 Å². The van der Waals surface area contributed by atoms with Gasteiger partial charge in [0.25, 0.3) is 5.88 Å². The first-order valence-electron chi connectivity index (χ1n) is 8.04. The van der Waals surface area contributed by atoms with Crippen molar-refractivity contribution in [2.24, 2.45) is 0 Å². The third-order valence-corrected chi connectivity index (χ3v) is 3.49. The molecular weight excluding hydrogens is 379 g/mol. The lowest BCUT2D eigenvalue weighted by molar-refractivity contribution is -0.150. The first kappa shape index (κ1) is 20.4. The summed E-state index contributed by atoms with van der Waals surface area (Å²) in [4.78, 5) is 27.0. The zero-order valence-electron chi connectivity index (χ0n) is 14.9. The maximum atomic E-state index is 13.9. The number of ether oxygens (including phenoxy) is 3. The fourth-order valence-corrected chi connectivity index (χ4v) is 2.22. The number of amides is 1. The Morgan fingerprint density at radius 1 is 1.33 bits per heavy atom. The third-order valence-electron chi connectivity index (χ3n) is 3.20. The molecule has 0 fully saturated rings. The number of carbonyl (C=O) groups is 2. The van der Waals surface area contributed by atoms with Crippen molar-refractivity contribution in [3.05, 3.63) is 41.3 Å². The van der Waals surface area contributed by atoms with Gasteiger partial charge >= 0.3 is 5.97 Å². The van der Waals surface area contributed by atoms with Crippen LogP contribution in [0.3, 0.4) is 0 Å². The molecule has 0 aliphatic heterocycles. The fourth-order valence-electron chi connectivity index (χ4n) is 2.03. The molecule has 0 bridgehead atoms. The van der Waals surface area contributed by atoms with E-state index in [2.05, 4.69) is 10.3 Å². The van der Waals surface area contributed by atoms with Crippen LogP contribution in [0.5, 0.6) is 17.4 Å². The summed E-state index contributed by atoms with van der Waals surface area (Å²) < 4.78 is 29.9. The van der Waals surface area contributed by atoms with Crippen molar-refractivity contribution < 1.29 is 28.2 Å². The van der Waals surface area contributed by atoms with Crippen molar-refractivity contribution in [2.75, 3.05) is 11.9 Å². The summed E-state index contributed by atoms with van der Waals surface area (Å²) in [6, 6.07) is 5.38. The number of hydrogen-bond acceptors (Lipinski definition) is 6. The maximum Gasteiger partial charge on any atom is 0.347 e. The molecule has 0 aliphatic carbocycles. The number of nitrogens with zero attached hydrogens (tertiary/aromatic N) is 1. The van der Waals surface area contributed by atoms with Crippen LogP contribution >= 0.6 is 11.6 Å². The number of halogens is 2. The third kappa shape index (κ3) is 5.55. The molecule has 1 atom stereocenters. The number of benzene rings is 1. The zero-order chi connectivity index (χ0) is 20.0. The summed E-state index contributed by atoms with van der Waals surface area (Å²) in [6.07, 6.45) is 0.538. The molecule has 1 aromatic heterocycles. The van der Waals surface area contributed by atoms with Crippen LogP contribution in [-0.4, -0.2) is 29.6 Å². The summed E-state index contributed by atoms with van der Waals surface area (Å²) in [5.74, 6) is -1.46. The Morgan fingerprint density at radius 2 is 2.07 bits per heavy atom. The number of carbonyl (C=O) groups excluding carboxylic acids is 2. The number of hydrogen-bond donors (Lipinski definition) is 1. The molecular formula is C18H18ClFN2O5. The molecule has 1 unspecified atom stereocenters. The summed E-state index contributed by atoms with van der Waals surface area (Å²) in [5, 5.41) is 2.32. The standard InChI is InChI=1S/C18H18ClFN2O5/c1-4-25-18(24)10(2)26-17-15(6-5-7-21-17)27-16-9-14(22-11(3)23)13(20)8-12(16)19/h5-10H,4H2,1-3H3,(H,22,23). The van der Waals surface area contributed by atoms with Gasteiger partial charge in [0.2, 0.25) is 5.91 Å². The molecule has 0 spiro atoms. The van der Waals surface area contributed by atoms with E-state index in [4.69, 9.17) is 25.8 Å². The highest BCUT2D eigenvalue weighted by Gasteiger charge is 2.20. The lowest BCUT2D eigenvalue weighted by Crippen LogP contribution is -2.26. The Morgan fingerprint density at radius 3 is 2.74 bits per heavy atom. The van der Waals surface area contributed by atoms with E-state index in [9.17, 15) is 14.0 Å². The van der Waals surface area contributed by atoms with Crippen LogP contribution in [0.15, 0.2) is 30.5 Å². The van der Waals surface area contributed by atoms with Crippen molar-refractivity contribution in [1.82, 2.24) is 4.98 Å². The van der Waals surface area contributed by atoms with Crippen LogP contribution in [0.2, 0.25) is 5.02 Å². The molecule has 2 aromatic rings. The summed E-state index contributed by atoms with van der Waals surface area (Å²) >= 11 is 6.02. The lowest BCUT2D eigenvalue weighted by Gasteiger charge is -2.16. The zero-order valence-corrected chi connectivity index (χ0v) is 15.7. The van der Waals surface area contributed by atoms with E-state index < -0.39 is 23.8 Å². The number of rotatable bonds is 7. The minimum atomic E-state index is -0.916. The highest BCUT2D eigenvalue weighted by Crippen LogP contribution is 2.37. The number of nitrogens with one attached hydrogen (secondary N) is 1. The number of pyridine rings is 1. The minimum Gasteiger partial charge on any atom is -0.463 e. The van der Waals surface area contributed by atoms with Crippen LogP contribution < -0.4 is 14.8 Å². The van der Waals surface area contributed by atoms with Gasteiger partial charge in [-0.1, -0.05) is 11.6 Å². The van der Waals surface area contributed by atoms with E-state index in [1.54, 1.807) is 13.0 Å². The van der Waals surface area contributed by atoms with Gasteiger partial charge in [0.1, 0.15) is 11.6 Å². The summed E-state index contributed by atoms with van der Waals surface area (Å²) in [7, 11) is 0. The Labute approximate surface area is 160 Å². The molecule has 144 valence electrons. The molecule has 1 amide bonds. The van der Waals surface area contributed by atoms with E-state index in [1.165, 1.54) is 32.2 Å². The van der Waals surface area contributed by atoms with Crippen molar-refractivity contribution in [1.29, 1.82) is 0 Å². The van der Waals surface area contributed by atoms with Gasteiger partial charge < -0.3 is 19.5 Å². The van der Waals surface area contributed by atoms with E-state index in [0.29, 0.717) is 0 Å². The Kier molecular flexibility index (Phi) is 6.95. The number of aromatic nitrogens is 1. The van der Waals surface area contributed by atoms with Gasteiger partial charge in [-0.05, 0) is 32.0 Å². The molecule has 0 saturated heterocycles. The predicted molar refractivity (Wildman–Crippen MR) is 96.7 cm³/mol. The van der Waals surface area contributed by atoms with Gasteiger partial charge in [-0.3, -0.25) is 4.79 Å². The molecule has 0 aliphatic rings. The second-order valence-electron chi connectivity index (χ2n) is 5.36. The van der Waals surface area contributed by atoms with Crippen molar-refractivity contribution in [3.63, 3.8) is 0 Å². The quantitative estimate of drug-likeness (QED) is 0.713. The van der Waals surface area contributed by atoms with Crippen LogP contribution in [0.4, 0.5) is 10.1 Å². The normalized spacial score (nSPS) is 11.4. The summed E-state index contributed by atoms with van der Waals surface area (Å²) in [5.41, 5.74) is -0.0897. The Hall–Kier alpha value is -2.87. The number of anilines is 1. The van der Waals surface area contributed by atoms with Gasteiger partial charge in [-0.2, -0.15) is 0 Å².